The van der Waals surface area contributed by atoms with Crippen molar-refractivity contribution in [3.05, 3.63) is 0 Å². The Bertz CT molecular complexity index is 229. The number of aliphatic hydroxyl groups excluding tert-OH is 1. The standard InChI is InChI=1S/C9H19N3O3/c1-5(2)11-12-9(15)8(6(3)13)10-7(4)14/h5-6,8,11,13H,1-4H3,(H,10,14)(H,12,15). The second-order valence-electron chi connectivity index (χ2n) is 3.71. The zero-order valence-electron chi connectivity index (χ0n) is 9.50. The molecule has 0 aliphatic carbocycles. The van der Waals surface area contributed by atoms with Crippen LogP contribution in [-0.2, 0) is 9.59 Å². The third-order valence-corrected chi connectivity index (χ3v) is 1.61. The summed E-state index contributed by atoms with van der Waals surface area (Å²) in [7, 11) is 0. The first-order valence-electron chi connectivity index (χ1n) is 4.85. The van der Waals surface area contributed by atoms with E-state index in [-0.39, 0.29) is 11.9 Å². The first kappa shape index (κ1) is 13.9. The lowest BCUT2D eigenvalue weighted by molar-refractivity contribution is -0.131. The molecule has 0 aromatic rings. The molecule has 0 saturated heterocycles. The molecule has 2 unspecified atom stereocenters. The Morgan fingerprint density at radius 1 is 1.20 bits per heavy atom. The van der Waals surface area contributed by atoms with Crippen LogP contribution in [0.25, 0.3) is 0 Å². The van der Waals surface area contributed by atoms with Crippen LogP contribution in [0.1, 0.15) is 27.7 Å². The van der Waals surface area contributed by atoms with Crippen LogP contribution in [0.3, 0.4) is 0 Å². The first-order valence-corrected chi connectivity index (χ1v) is 4.85. The maximum absolute atomic E-state index is 11.5. The number of carbonyl (C=O) groups is 2. The van der Waals surface area contributed by atoms with Gasteiger partial charge in [-0.25, -0.2) is 5.43 Å². The Morgan fingerprint density at radius 3 is 2.07 bits per heavy atom. The van der Waals surface area contributed by atoms with Gasteiger partial charge < -0.3 is 10.4 Å². The lowest BCUT2D eigenvalue weighted by atomic mass is 10.1. The second-order valence-corrected chi connectivity index (χ2v) is 3.71. The Labute approximate surface area is 89.4 Å². The molecule has 2 amide bonds. The third kappa shape index (κ3) is 6.03. The summed E-state index contributed by atoms with van der Waals surface area (Å²) in [5, 5.41) is 11.7. The molecule has 0 aromatic carbocycles. The first-order chi connectivity index (χ1) is 6.84. The smallest absolute Gasteiger partial charge is 0.259 e. The number of aliphatic hydroxyl groups is 1. The fourth-order valence-electron chi connectivity index (χ4n) is 0.917. The topological polar surface area (TPSA) is 90.5 Å². The molecule has 6 heteroatoms. The maximum atomic E-state index is 11.5. The van der Waals surface area contributed by atoms with Crippen LogP contribution in [0.15, 0.2) is 0 Å². The molecule has 0 aliphatic heterocycles. The van der Waals surface area contributed by atoms with Gasteiger partial charge in [0.2, 0.25) is 5.91 Å². The van der Waals surface area contributed by atoms with Gasteiger partial charge in [0.15, 0.2) is 0 Å². The van der Waals surface area contributed by atoms with Crippen LogP contribution in [0.5, 0.6) is 0 Å². The summed E-state index contributed by atoms with van der Waals surface area (Å²) in [6.07, 6.45) is -0.942. The SMILES string of the molecule is CC(=O)NC(C(=O)NNC(C)C)C(C)O. The summed E-state index contributed by atoms with van der Waals surface area (Å²) in [5.41, 5.74) is 5.10. The van der Waals surface area contributed by atoms with Crippen LogP contribution >= 0.6 is 0 Å². The zero-order chi connectivity index (χ0) is 12.0. The number of hydrazine groups is 1. The molecule has 88 valence electrons. The average molecular weight is 217 g/mol. The lowest BCUT2D eigenvalue weighted by Gasteiger charge is -2.21. The molecule has 4 N–H and O–H groups in total. The van der Waals surface area contributed by atoms with E-state index in [4.69, 9.17) is 0 Å². The molecule has 6 nitrogen and oxygen atoms in total. The van der Waals surface area contributed by atoms with Crippen molar-refractivity contribution >= 4 is 11.8 Å². The molecule has 0 rings (SSSR count). The molecule has 0 fully saturated rings. The molecule has 15 heavy (non-hydrogen) atoms. The van der Waals surface area contributed by atoms with Crippen molar-refractivity contribution in [3.8, 4) is 0 Å². The van der Waals surface area contributed by atoms with Crippen LogP contribution in [-0.4, -0.2) is 35.1 Å². The fraction of sp³-hybridized carbons (Fsp3) is 0.778. The number of hydrogen-bond acceptors (Lipinski definition) is 4. The summed E-state index contributed by atoms with van der Waals surface area (Å²) < 4.78 is 0. The minimum atomic E-state index is -0.942. The van der Waals surface area contributed by atoms with E-state index in [2.05, 4.69) is 16.2 Å². The van der Waals surface area contributed by atoms with E-state index in [0.29, 0.717) is 0 Å². The highest BCUT2D eigenvalue weighted by Crippen LogP contribution is 1.92. The fourth-order valence-corrected chi connectivity index (χ4v) is 0.917. The van der Waals surface area contributed by atoms with Gasteiger partial charge in [-0.3, -0.25) is 15.0 Å². The summed E-state index contributed by atoms with van der Waals surface area (Å²) in [6.45, 7) is 6.44. The number of hydrogen-bond donors (Lipinski definition) is 4. The van der Waals surface area contributed by atoms with Crippen molar-refractivity contribution in [1.29, 1.82) is 0 Å². The monoisotopic (exact) mass is 217 g/mol. The maximum Gasteiger partial charge on any atom is 0.259 e. The van der Waals surface area contributed by atoms with E-state index in [9.17, 15) is 14.7 Å². The average Bonchev–Trinajstić information content (AvgIpc) is 2.09. The Balaban J connectivity index is 4.23. The van der Waals surface area contributed by atoms with Crippen molar-refractivity contribution in [2.24, 2.45) is 0 Å². The highest BCUT2D eigenvalue weighted by atomic mass is 16.3. The minimum Gasteiger partial charge on any atom is -0.391 e. The normalized spacial score (nSPS) is 14.5. The molecule has 0 heterocycles. The van der Waals surface area contributed by atoms with Gasteiger partial charge in [-0.05, 0) is 20.8 Å². The molecule has 0 spiro atoms. The molecular formula is C9H19N3O3. The van der Waals surface area contributed by atoms with Gasteiger partial charge in [0.1, 0.15) is 6.04 Å². The van der Waals surface area contributed by atoms with Gasteiger partial charge in [0, 0.05) is 13.0 Å². The van der Waals surface area contributed by atoms with E-state index in [0.717, 1.165) is 0 Å². The van der Waals surface area contributed by atoms with Crippen molar-refractivity contribution < 1.29 is 14.7 Å². The summed E-state index contributed by atoms with van der Waals surface area (Å²) in [5.74, 6) is -0.825. The van der Waals surface area contributed by atoms with E-state index in [1.807, 2.05) is 13.8 Å². The summed E-state index contributed by atoms with van der Waals surface area (Å²) in [4.78, 5) is 22.3. The largest absolute Gasteiger partial charge is 0.391 e. The van der Waals surface area contributed by atoms with Gasteiger partial charge in [-0.2, -0.15) is 0 Å². The highest BCUT2D eigenvalue weighted by Gasteiger charge is 2.24. The van der Waals surface area contributed by atoms with Crippen molar-refractivity contribution in [2.75, 3.05) is 0 Å². The van der Waals surface area contributed by atoms with Crippen molar-refractivity contribution in [2.45, 2.75) is 45.9 Å². The van der Waals surface area contributed by atoms with Gasteiger partial charge in [0.05, 0.1) is 6.10 Å². The second kappa shape index (κ2) is 6.36. The molecule has 0 saturated carbocycles. The Kier molecular flexibility index (Phi) is 5.88. The molecular weight excluding hydrogens is 198 g/mol. The van der Waals surface area contributed by atoms with E-state index >= 15 is 0 Å². The van der Waals surface area contributed by atoms with Gasteiger partial charge in [-0.15, -0.1) is 0 Å². The molecule has 0 radical (unpaired) electrons. The van der Waals surface area contributed by atoms with E-state index in [1.54, 1.807) is 0 Å². The van der Waals surface area contributed by atoms with E-state index in [1.165, 1.54) is 13.8 Å². The van der Waals surface area contributed by atoms with Crippen LogP contribution in [0.4, 0.5) is 0 Å². The van der Waals surface area contributed by atoms with Crippen LogP contribution in [0, 0.1) is 0 Å². The zero-order valence-corrected chi connectivity index (χ0v) is 9.50. The minimum absolute atomic E-state index is 0.0842. The molecule has 0 aromatic heterocycles. The van der Waals surface area contributed by atoms with Crippen LogP contribution in [0.2, 0.25) is 0 Å². The molecule has 2 atom stereocenters. The molecule has 0 bridgehead atoms. The predicted molar refractivity (Wildman–Crippen MR) is 55.7 cm³/mol. The molecule has 0 aliphatic rings. The van der Waals surface area contributed by atoms with Gasteiger partial charge in [-0.1, -0.05) is 0 Å². The number of carbonyl (C=O) groups excluding carboxylic acids is 2. The Hall–Kier alpha value is -1.14. The number of nitrogens with one attached hydrogen (secondary N) is 3. The lowest BCUT2D eigenvalue weighted by Crippen LogP contribution is -2.56. The highest BCUT2D eigenvalue weighted by molar-refractivity contribution is 5.87. The van der Waals surface area contributed by atoms with Crippen molar-refractivity contribution in [1.82, 2.24) is 16.2 Å². The summed E-state index contributed by atoms with van der Waals surface area (Å²) >= 11 is 0. The predicted octanol–water partition coefficient (Wildman–Crippen LogP) is -1.10. The number of rotatable bonds is 5. The Morgan fingerprint density at radius 2 is 1.73 bits per heavy atom. The van der Waals surface area contributed by atoms with Crippen LogP contribution < -0.4 is 16.2 Å². The summed E-state index contributed by atoms with van der Waals surface area (Å²) in [6, 6.07) is -0.852. The van der Waals surface area contributed by atoms with Crippen molar-refractivity contribution in [3.63, 3.8) is 0 Å². The van der Waals surface area contributed by atoms with Gasteiger partial charge >= 0.3 is 0 Å². The van der Waals surface area contributed by atoms with Gasteiger partial charge in [0.25, 0.3) is 5.91 Å². The van der Waals surface area contributed by atoms with E-state index < -0.39 is 18.1 Å². The quantitative estimate of drug-likeness (QED) is 0.440. The third-order valence-electron chi connectivity index (χ3n) is 1.61. The number of amides is 2.